The summed E-state index contributed by atoms with van der Waals surface area (Å²) >= 11 is 0. The fourth-order valence-corrected chi connectivity index (χ4v) is 3.44. The summed E-state index contributed by atoms with van der Waals surface area (Å²) in [6, 6.07) is 0.670. The second-order valence-corrected chi connectivity index (χ2v) is 6.34. The number of hydrogen-bond donors (Lipinski definition) is 1. The summed E-state index contributed by atoms with van der Waals surface area (Å²) in [5, 5.41) is 3.56. The number of rotatable bonds is 5. The lowest BCUT2D eigenvalue weighted by molar-refractivity contribution is 0.157. The van der Waals surface area contributed by atoms with E-state index in [1.807, 2.05) is 0 Å². The molecule has 0 saturated heterocycles. The summed E-state index contributed by atoms with van der Waals surface area (Å²) in [5.74, 6) is 0.955. The zero-order valence-corrected chi connectivity index (χ0v) is 11.8. The van der Waals surface area contributed by atoms with Crippen LogP contribution in [0, 0.1) is 11.3 Å². The quantitative estimate of drug-likeness (QED) is 0.685. The van der Waals surface area contributed by atoms with Crippen LogP contribution in [0.15, 0.2) is 0 Å². The molecule has 1 saturated carbocycles. The first-order valence-corrected chi connectivity index (χ1v) is 7.29. The maximum atomic E-state index is 3.56. The van der Waals surface area contributed by atoms with Crippen LogP contribution < -0.4 is 5.32 Å². The predicted octanol–water partition coefficient (Wildman–Crippen LogP) is 4.37. The largest absolute Gasteiger partial charge is 0.315 e. The summed E-state index contributed by atoms with van der Waals surface area (Å²) in [6.45, 7) is 10.6. The minimum atomic E-state index is 0.520. The molecule has 1 atom stereocenters. The van der Waals surface area contributed by atoms with Gasteiger partial charge in [0.05, 0.1) is 0 Å². The third-order valence-corrected chi connectivity index (χ3v) is 4.35. The Labute approximate surface area is 102 Å². The van der Waals surface area contributed by atoms with Gasteiger partial charge in [0.25, 0.3) is 0 Å². The molecule has 0 bridgehead atoms. The van der Waals surface area contributed by atoms with E-state index >= 15 is 0 Å². The molecule has 1 nitrogen and oxygen atoms in total. The maximum Gasteiger partial charge on any atom is 0.00437 e. The van der Waals surface area contributed by atoms with E-state index in [9.17, 15) is 0 Å². The van der Waals surface area contributed by atoms with Crippen molar-refractivity contribution in [3.8, 4) is 0 Å². The van der Waals surface area contributed by atoms with Gasteiger partial charge in [-0.2, -0.15) is 0 Å². The van der Waals surface area contributed by atoms with Crippen LogP contribution >= 0.6 is 0 Å². The van der Waals surface area contributed by atoms with Crippen molar-refractivity contribution < 1.29 is 0 Å². The molecular formula is C15H31N. The van der Waals surface area contributed by atoms with E-state index in [0.29, 0.717) is 11.5 Å². The lowest BCUT2D eigenvalue weighted by atomic mass is 9.71. The number of nitrogens with one attached hydrogen (secondary N) is 1. The lowest BCUT2D eigenvalue weighted by Crippen LogP contribution is -2.34. The van der Waals surface area contributed by atoms with Gasteiger partial charge in [-0.05, 0) is 44.1 Å². The predicted molar refractivity (Wildman–Crippen MR) is 72.7 cm³/mol. The Hall–Kier alpha value is -0.0400. The second-order valence-electron chi connectivity index (χ2n) is 6.34. The van der Waals surface area contributed by atoms with Crippen molar-refractivity contribution in [3.63, 3.8) is 0 Å². The van der Waals surface area contributed by atoms with E-state index in [0.717, 1.165) is 12.5 Å². The third-order valence-electron chi connectivity index (χ3n) is 4.35. The van der Waals surface area contributed by atoms with Gasteiger partial charge in [-0.3, -0.25) is 0 Å². The molecule has 0 radical (unpaired) electrons. The van der Waals surface area contributed by atoms with Crippen LogP contribution in [0.2, 0.25) is 0 Å². The molecule has 96 valence electrons. The zero-order valence-electron chi connectivity index (χ0n) is 11.8. The van der Waals surface area contributed by atoms with Gasteiger partial charge < -0.3 is 5.32 Å². The van der Waals surface area contributed by atoms with Crippen molar-refractivity contribution in [2.45, 2.75) is 78.7 Å². The molecule has 16 heavy (non-hydrogen) atoms. The van der Waals surface area contributed by atoms with Crippen molar-refractivity contribution in [2.24, 2.45) is 11.3 Å². The van der Waals surface area contributed by atoms with Crippen LogP contribution in [0.25, 0.3) is 0 Å². The maximum absolute atomic E-state index is 3.56. The highest BCUT2D eigenvalue weighted by Crippen LogP contribution is 2.40. The Bertz CT molecular complexity index is 178. The highest BCUT2D eigenvalue weighted by Gasteiger charge is 2.30. The molecule has 0 heterocycles. The fraction of sp³-hybridized carbons (Fsp3) is 1.00. The van der Waals surface area contributed by atoms with Crippen molar-refractivity contribution in [1.29, 1.82) is 0 Å². The van der Waals surface area contributed by atoms with Crippen LogP contribution in [0.3, 0.4) is 0 Å². The Balaban J connectivity index is 2.46. The summed E-state index contributed by atoms with van der Waals surface area (Å²) in [6.07, 6.45) is 10.1. The summed E-state index contributed by atoms with van der Waals surface area (Å²) in [4.78, 5) is 0. The van der Waals surface area contributed by atoms with Gasteiger partial charge in [-0.25, -0.2) is 0 Å². The molecule has 0 spiro atoms. The average Bonchev–Trinajstić information content (AvgIpc) is 2.45. The minimum Gasteiger partial charge on any atom is -0.315 e. The summed E-state index contributed by atoms with van der Waals surface area (Å²) in [5.41, 5.74) is 0.520. The molecule has 1 heteroatoms. The third kappa shape index (κ3) is 4.45. The number of hydrogen-bond acceptors (Lipinski definition) is 1. The summed E-state index contributed by atoms with van der Waals surface area (Å²) in [7, 11) is 0. The van der Waals surface area contributed by atoms with E-state index in [4.69, 9.17) is 0 Å². The molecule has 1 N–H and O–H groups in total. The first-order chi connectivity index (χ1) is 7.56. The van der Waals surface area contributed by atoms with E-state index < -0.39 is 0 Å². The summed E-state index contributed by atoms with van der Waals surface area (Å²) < 4.78 is 0. The van der Waals surface area contributed by atoms with Crippen LogP contribution in [-0.4, -0.2) is 12.6 Å². The normalized spacial score (nSPS) is 21.8. The van der Waals surface area contributed by atoms with Crippen LogP contribution in [0.1, 0.15) is 72.6 Å². The second kappa shape index (κ2) is 6.64. The van der Waals surface area contributed by atoms with Crippen LogP contribution in [-0.2, 0) is 0 Å². The smallest absolute Gasteiger partial charge is 0.00437 e. The molecule has 0 aromatic rings. The first-order valence-electron chi connectivity index (χ1n) is 7.29. The molecule has 0 aromatic carbocycles. The van der Waals surface area contributed by atoms with Gasteiger partial charge in [-0.1, -0.05) is 46.5 Å². The highest BCUT2D eigenvalue weighted by atomic mass is 14.9. The van der Waals surface area contributed by atoms with Crippen molar-refractivity contribution >= 4 is 0 Å². The van der Waals surface area contributed by atoms with Crippen molar-refractivity contribution in [2.75, 3.05) is 6.54 Å². The average molecular weight is 225 g/mol. The minimum absolute atomic E-state index is 0.520. The van der Waals surface area contributed by atoms with Crippen LogP contribution in [0.4, 0.5) is 0 Å². The zero-order chi connectivity index (χ0) is 12.0. The van der Waals surface area contributed by atoms with Gasteiger partial charge in [0.2, 0.25) is 0 Å². The Kier molecular flexibility index (Phi) is 5.82. The highest BCUT2D eigenvalue weighted by molar-refractivity contribution is 4.83. The van der Waals surface area contributed by atoms with Gasteiger partial charge >= 0.3 is 0 Å². The van der Waals surface area contributed by atoms with Crippen molar-refractivity contribution in [1.82, 2.24) is 5.32 Å². The Morgan fingerprint density at radius 3 is 2.19 bits per heavy atom. The molecule has 1 aliphatic carbocycles. The molecule has 1 rings (SSSR count). The van der Waals surface area contributed by atoms with Crippen molar-refractivity contribution in [3.05, 3.63) is 0 Å². The van der Waals surface area contributed by atoms with Gasteiger partial charge in [0.1, 0.15) is 0 Å². The molecule has 1 unspecified atom stereocenters. The van der Waals surface area contributed by atoms with E-state index in [1.165, 1.54) is 44.9 Å². The molecular weight excluding hydrogens is 194 g/mol. The first kappa shape index (κ1) is 14.0. The van der Waals surface area contributed by atoms with Gasteiger partial charge in [0.15, 0.2) is 0 Å². The lowest BCUT2D eigenvalue weighted by Gasteiger charge is -2.36. The van der Waals surface area contributed by atoms with Crippen LogP contribution in [0.5, 0.6) is 0 Å². The van der Waals surface area contributed by atoms with Gasteiger partial charge in [-0.15, -0.1) is 0 Å². The Morgan fingerprint density at radius 2 is 1.69 bits per heavy atom. The standard InChI is InChI=1S/C15H31N/c1-5-16-13(2)12-15(3,4)14-10-8-6-7-9-11-14/h13-14,16H,5-12H2,1-4H3. The molecule has 1 fully saturated rings. The molecule has 0 aliphatic heterocycles. The molecule has 0 aromatic heterocycles. The van der Waals surface area contributed by atoms with E-state index in [2.05, 4.69) is 33.0 Å². The SMILES string of the molecule is CCNC(C)CC(C)(C)C1CCCCCC1. The topological polar surface area (TPSA) is 12.0 Å². The van der Waals surface area contributed by atoms with Gasteiger partial charge in [0, 0.05) is 6.04 Å². The van der Waals surface area contributed by atoms with E-state index in [1.54, 1.807) is 0 Å². The fourth-order valence-electron chi connectivity index (χ4n) is 3.44. The molecule has 0 amide bonds. The Morgan fingerprint density at radius 1 is 1.12 bits per heavy atom. The monoisotopic (exact) mass is 225 g/mol. The molecule has 1 aliphatic rings. The van der Waals surface area contributed by atoms with E-state index in [-0.39, 0.29) is 0 Å².